The zero-order chi connectivity index (χ0) is 26.2. The monoisotopic (exact) mass is 555 g/mol. The van der Waals surface area contributed by atoms with Gasteiger partial charge in [-0.1, -0.05) is 52.3 Å². The van der Waals surface area contributed by atoms with Crippen LogP contribution in [0, 0.1) is 0 Å². The topological polar surface area (TPSA) is 107 Å². The average molecular weight is 556 g/mol. The van der Waals surface area contributed by atoms with Crippen molar-refractivity contribution in [1.29, 1.82) is 0 Å². The van der Waals surface area contributed by atoms with Crippen molar-refractivity contribution in [3.05, 3.63) is 70.3 Å². The van der Waals surface area contributed by atoms with Crippen LogP contribution in [-0.2, 0) is 14.3 Å². The lowest BCUT2D eigenvalue weighted by molar-refractivity contribution is -0.131. The molecule has 1 aliphatic heterocycles. The van der Waals surface area contributed by atoms with Crippen LogP contribution in [0.25, 0.3) is 10.9 Å². The molecule has 0 bridgehead atoms. The highest BCUT2D eigenvalue weighted by Gasteiger charge is 2.43. The molecule has 36 heavy (non-hydrogen) atoms. The zero-order valence-corrected chi connectivity index (χ0v) is 21.9. The molecule has 1 N–H and O–H groups in total. The van der Waals surface area contributed by atoms with Gasteiger partial charge in [-0.2, -0.15) is 0 Å². The van der Waals surface area contributed by atoms with Crippen LogP contribution in [0.3, 0.4) is 0 Å². The lowest BCUT2D eigenvalue weighted by Crippen LogP contribution is -2.45. The standard InChI is InChI=1S/C26H26BrN3O6/c1-15(31)29-13-19(18-11-10-17(27)12-20(18)29)22(28-24(33)36-26(2,3)4)23(32)30-21(14-35-25(30)34)16-8-6-5-7-9-16/h5-13,21-22H,14H2,1-4H3,(H,28,33)/t21-,22-/m1/s1. The summed E-state index contributed by atoms with van der Waals surface area (Å²) >= 11 is 3.41. The Morgan fingerprint density at radius 1 is 1.14 bits per heavy atom. The minimum atomic E-state index is -1.33. The molecule has 0 aliphatic carbocycles. The summed E-state index contributed by atoms with van der Waals surface area (Å²) in [4.78, 5) is 53.0. The second-order valence-electron chi connectivity index (χ2n) is 9.43. The van der Waals surface area contributed by atoms with Crippen molar-refractivity contribution in [2.45, 2.75) is 45.4 Å². The number of alkyl carbamates (subject to hydrolysis) is 1. The fraction of sp³-hybridized carbons (Fsp3) is 0.308. The Morgan fingerprint density at radius 2 is 1.83 bits per heavy atom. The summed E-state index contributed by atoms with van der Waals surface area (Å²) in [6.07, 6.45) is -0.161. The molecule has 10 heteroatoms. The Hall–Kier alpha value is -3.66. The van der Waals surface area contributed by atoms with Gasteiger partial charge in [-0.3, -0.25) is 14.2 Å². The summed E-state index contributed by atoms with van der Waals surface area (Å²) < 4.78 is 12.8. The van der Waals surface area contributed by atoms with E-state index in [4.69, 9.17) is 9.47 Å². The van der Waals surface area contributed by atoms with Gasteiger partial charge in [0.15, 0.2) is 0 Å². The highest BCUT2D eigenvalue weighted by Crippen LogP contribution is 2.34. The number of rotatable bonds is 4. The molecule has 1 aromatic heterocycles. The molecule has 3 aromatic rings. The van der Waals surface area contributed by atoms with Crippen LogP contribution in [0.4, 0.5) is 9.59 Å². The van der Waals surface area contributed by atoms with Gasteiger partial charge in [0.05, 0.1) is 5.52 Å². The number of carbonyl (C=O) groups is 4. The van der Waals surface area contributed by atoms with Crippen LogP contribution in [0.15, 0.2) is 59.2 Å². The minimum absolute atomic E-state index is 0.0180. The van der Waals surface area contributed by atoms with Crippen LogP contribution >= 0.6 is 15.9 Å². The number of hydrogen-bond donors (Lipinski definition) is 1. The van der Waals surface area contributed by atoms with E-state index in [0.717, 1.165) is 9.37 Å². The van der Waals surface area contributed by atoms with Crippen molar-refractivity contribution in [3.8, 4) is 0 Å². The van der Waals surface area contributed by atoms with Gasteiger partial charge in [0.2, 0.25) is 5.91 Å². The normalized spacial score (nSPS) is 16.5. The molecule has 3 amide bonds. The Labute approximate surface area is 216 Å². The molecule has 9 nitrogen and oxygen atoms in total. The maximum atomic E-state index is 14.0. The van der Waals surface area contributed by atoms with Crippen molar-refractivity contribution in [1.82, 2.24) is 14.8 Å². The molecule has 0 unspecified atom stereocenters. The predicted octanol–water partition coefficient (Wildman–Crippen LogP) is 5.35. The summed E-state index contributed by atoms with van der Waals surface area (Å²) in [6, 6.07) is 12.3. The molecule has 1 fully saturated rings. The summed E-state index contributed by atoms with van der Waals surface area (Å²) in [6.45, 7) is 6.48. The molecular weight excluding hydrogens is 530 g/mol. The number of ether oxygens (including phenoxy) is 2. The zero-order valence-electron chi connectivity index (χ0n) is 20.3. The minimum Gasteiger partial charge on any atom is -0.446 e. The molecule has 2 atom stereocenters. The molecule has 1 aliphatic rings. The number of imide groups is 1. The molecule has 0 saturated carbocycles. The van der Waals surface area contributed by atoms with Crippen molar-refractivity contribution in [2.75, 3.05) is 6.61 Å². The highest BCUT2D eigenvalue weighted by molar-refractivity contribution is 9.10. The summed E-state index contributed by atoms with van der Waals surface area (Å²) in [5, 5.41) is 3.18. The quantitative estimate of drug-likeness (QED) is 0.465. The first-order valence-electron chi connectivity index (χ1n) is 11.3. The lowest BCUT2D eigenvalue weighted by atomic mass is 10.0. The third-order valence-corrected chi connectivity index (χ3v) is 6.14. The molecule has 1 saturated heterocycles. The Morgan fingerprint density at radius 3 is 2.47 bits per heavy atom. The maximum Gasteiger partial charge on any atom is 0.417 e. The van der Waals surface area contributed by atoms with Gasteiger partial charge >= 0.3 is 12.2 Å². The van der Waals surface area contributed by atoms with Gasteiger partial charge in [-0.05, 0) is 38.5 Å². The highest BCUT2D eigenvalue weighted by atomic mass is 79.9. The average Bonchev–Trinajstić information content (AvgIpc) is 3.37. The Kier molecular flexibility index (Phi) is 6.90. The van der Waals surface area contributed by atoms with E-state index in [1.54, 1.807) is 63.2 Å². The number of nitrogens with one attached hydrogen (secondary N) is 1. The van der Waals surface area contributed by atoms with Crippen molar-refractivity contribution >= 4 is 50.8 Å². The van der Waals surface area contributed by atoms with E-state index in [9.17, 15) is 19.2 Å². The van der Waals surface area contributed by atoms with Crippen LogP contribution in [-0.4, -0.2) is 45.7 Å². The number of cyclic esters (lactones) is 1. The first kappa shape index (κ1) is 25.4. The molecule has 2 heterocycles. The first-order chi connectivity index (χ1) is 17.0. The number of aromatic nitrogens is 1. The second-order valence-corrected chi connectivity index (χ2v) is 10.3. The number of fused-ring (bicyclic) bond motifs is 1. The van der Waals surface area contributed by atoms with E-state index < -0.39 is 35.8 Å². The number of amides is 3. The largest absolute Gasteiger partial charge is 0.446 e. The number of hydrogen-bond acceptors (Lipinski definition) is 6. The molecule has 4 rings (SSSR count). The van der Waals surface area contributed by atoms with E-state index in [2.05, 4.69) is 21.2 Å². The molecule has 0 spiro atoms. The van der Waals surface area contributed by atoms with E-state index in [-0.39, 0.29) is 12.5 Å². The van der Waals surface area contributed by atoms with E-state index >= 15 is 0 Å². The third kappa shape index (κ3) is 5.13. The van der Waals surface area contributed by atoms with Gasteiger partial charge in [0.25, 0.3) is 5.91 Å². The number of halogens is 1. The Balaban J connectivity index is 1.82. The molecule has 2 aromatic carbocycles. The van der Waals surface area contributed by atoms with Crippen molar-refractivity contribution < 1.29 is 28.7 Å². The first-order valence-corrected chi connectivity index (χ1v) is 12.1. The maximum absolute atomic E-state index is 14.0. The Bertz CT molecular complexity index is 1340. The molecular formula is C26H26BrN3O6. The van der Waals surface area contributed by atoms with Crippen LogP contribution in [0.1, 0.15) is 55.7 Å². The predicted molar refractivity (Wildman–Crippen MR) is 135 cm³/mol. The van der Waals surface area contributed by atoms with E-state index in [1.807, 2.05) is 6.07 Å². The summed E-state index contributed by atoms with van der Waals surface area (Å²) in [5.41, 5.74) is 0.770. The number of benzene rings is 2. The number of nitrogens with zero attached hydrogens (tertiary/aromatic N) is 2. The molecule has 0 radical (unpaired) electrons. The SMILES string of the molecule is CC(=O)n1cc([C@@H](NC(=O)OC(C)(C)C)C(=O)N2C(=O)OC[C@@H]2c2ccccc2)c2ccc(Br)cc21. The van der Waals surface area contributed by atoms with Crippen molar-refractivity contribution in [2.24, 2.45) is 0 Å². The number of carbonyl (C=O) groups excluding carboxylic acids is 4. The van der Waals surface area contributed by atoms with Gasteiger partial charge in [0.1, 0.15) is 24.3 Å². The van der Waals surface area contributed by atoms with Crippen LogP contribution in [0.2, 0.25) is 0 Å². The fourth-order valence-electron chi connectivity index (χ4n) is 4.14. The van der Waals surface area contributed by atoms with Gasteiger partial charge in [-0.15, -0.1) is 0 Å². The third-order valence-electron chi connectivity index (χ3n) is 5.65. The van der Waals surface area contributed by atoms with Gasteiger partial charge < -0.3 is 14.8 Å². The van der Waals surface area contributed by atoms with Gasteiger partial charge in [0, 0.05) is 28.5 Å². The second kappa shape index (κ2) is 9.77. The summed E-state index contributed by atoms with van der Waals surface area (Å²) in [5.74, 6) is -0.988. The van der Waals surface area contributed by atoms with E-state index in [1.165, 1.54) is 17.7 Å². The summed E-state index contributed by atoms with van der Waals surface area (Å²) in [7, 11) is 0. The smallest absolute Gasteiger partial charge is 0.417 e. The van der Waals surface area contributed by atoms with E-state index in [0.29, 0.717) is 22.0 Å². The van der Waals surface area contributed by atoms with Crippen LogP contribution < -0.4 is 5.32 Å². The van der Waals surface area contributed by atoms with Crippen molar-refractivity contribution in [3.63, 3.8) is 0 Å². The fourth-order valence-corrected chi connectivity index (χ4v) is 4.49. The van der Waals surface area contributed by atoms with Crippen LogP contribution in [0.5, 0.6) is 0 Å². The molecule has 188 valence electrons. The lowest BCUT2D eigenvalue weighted by Gasteiger charge is -2.27. The van der Waals surface area contributed by atoms with Gasteiger partial charge in [-0.25, -0.2) is 14.5 Å².